The maximum atomic E-state index is 13.1. The number of hydrogen-bond acceptors (Lipinski definition) is 10. The summed E-state index contributed by atoms with van der Waals surface area (Å²) in [4.78, 5) is -2.55. The van der Waals surface area contributed by atoms with Crippen molar-refractivity contribution in [3.63, 3.8) is 0 Å². The first kappa shape index (κ1) is 29.4. The molecule has 0 amide bonds. The van der Waals surface area contributed by atoms with Crippen LogP contribution in [0.1, 0.15) is 11.1 Å². The largest absolute Gasteiger partial charge is 0.378 e. The van der Waals surface area contributed by atoms with E-state index in [1.165, 1.54) is 48.5 Å². The van der Waals surface area contributed by atoms with E-state index in [1.54, 1.807) is 13.8 Å². The lowest BCUT2D eigenvalue weighted by atomic mass is 10.1. The Labute approximate surface area is 230 Å². The molecule has 40 heavy (non-hydrogen) atoms. The average Bonchev–Trinajstić information content (AvgIpc) is 2.82. The van der Waals surface area contributed by atoms with Gasteiger partial charge in [0.2, 0.25) is 0 Å². The highest BCUT2D eigenvalue weighted by Gasteiger charge is 2.27. The van der Waals surface area contributed by atoms with Crippen LogP contribution in [0.2, 0.25) is 0 Å². The van der Waals surface area contributed by atoms with Crippen molar-refractivity contribution in [2.24, 2.45) is 0 Å². The van der Waals surface area contributed by atoms with Crippen molar-refractivity contribution in [2.45, 2.75) is 33.4 Å². The van der Waals surface area contributed by atoms with E-state index in [-0.39, 0.29) is 9.79 Å². The molecule has 0 atom stereocenters. The molecular formula is C24H20O12S4. The standard InChI is InChI=1S/C24H20O12S4/c1-15-3-7-18(8-4-15)39(31,32)35-22-13-20(37(25,26)27)11-17-12-21(38(28,29)30)14-23(24(17)22)36-40(33,34)19-9-5-16(2)6-10-19/h3-14H,1-2H3,(H,25,26,27)(H,28,29,30). The Bertz CT molecular complexity index is 1920. The van der Waals surface area contributed by atoms with Gasteiger partial charge in [-0.3, -0.25) is 9.11 Å². The lowest BCUT2D eigenvalue weighted by molar-refractivity contribution is 0.472. The molecule has 0 saturated heterocycles. The number of fused-ring (bicyclic) bond motifs is 1. The monoisotopic (exact) mass is 628 g/mol. The highest BCUT2D eigenvalue weighted by molar-refractivity contribution is 7.87. The van der Waals surface area contributed by atoms with E-state index < -0.39 is 72.5 Å². The number of rotatable bonds is 8. The third-order valence-electron chi connectivity index (χ3n) is 5.54. The Hall–Kier alpha value is -3.54. The molecule has 2 N–H and O–H groups in total. The lowest BCUT2D eigenvalue weighted by Gasteiger charge is -2.16. The second-order valence-electron chi connectivity index (χ2n) is 8.59. The molecule has 4 aromatic carbocycles. The van der Waals surface area contributed by atoms with Crippen LogP contribution in [-0.4, -0.2) is 42.8 Å². The van der Waals surface area contributed by atoms with Crippen molar-refractivity contribution in [1.82, 2.24) is 0 Å². The lowest BCUT2D eigenvalue weighted by Crippen LogP contribution is -2.13. The summed E-state index contributed by atoms with van der Waals surface area (Å²) in [6.07, 6.45) is 0. The Kier molecular flexibility index (Phi) is 7.46. The van der Waals surface area contributed by atoms with E-state index in [2.05, 4.69) is 0 Å². The third-order valence-corrected chi connectivity index (χ3v) is 9.70. The zero-order chi connectivity index (χ0) is 29.7. The van der Waals surface area contributed by atoms with Crippen molar-refractivity contribution in [3.05, 3.63) is 83.9 Å². The molecule has 0 saturated carbocycles. The van der Waals surface area contributed by atoms with Gasteiger partial charge >= 0.3 is 20.2 Å². The van der Waals surface area contributed by atoms with Gasteiger partial charge < -0.3 is 8.37 Å². The molecule has 4 aromatic rings. The van der Waals surface area contributed by atoms with E-state index in [1.807, 2.05) is 0 Å². The molecule has 0 aliphatic carbocycles. The Morgan fingerprint density at radius 3 is 1.12 bits per heavy atom. The summed E-state index contributed by atoms with van der Waals surface area (Å²) in [6.45, 7) is 3.40. The quantitative estimate of drug-likeness (QED) is 0.213. The highest BCUT2D eigenvalue weighted by atomic mass is 32.2. The SMILES string of the molecule is Cc1ccc(S(=O)(=O)Oc2cc(S(=O)(=O)O)cc3cc(S(=O)(=O)O)cc(OS(=O)(=O)c4ccc(C)cc4)c23)cc1. The van der Waals surface area contributed by atoms with Gasteiger partial charge in [0.15, 0.2) is 11.5 Å². The molecule has 0 radical (unpaired) electrons. The molecule has 0 aromatic heterocycles. The summed E-state index contributed by atoms with van der Waals surface area (Å²) >= 11 is 0. The molecule has 0 aliphatic rings. The first-order chi connectivity index (χ1) is 18.4. The average molecular weight is 629 g/mol. The Morgan fingerprint density at radius 1 is 0.500 bits per heavy atom. The molecule has 4 rings (SSSR count). The highest BCUT2D eigenvalue weighted by Crippen LogP contribution is 2.41. The molecule has 212 valence electrons. The van der Waals surface area contributed by atoms with Gasteiger partial charge in [-0.2, -0.15) is 33.7 Å². The minimum Gasteiger partial charge on any atom is -0.378 e. The van der Waals surface area contributed by atoms with Crippen molar-refractivity contribution in [1.29, 1.82) is 0 Å². The smallest absolute Gasteiger partial charge is 0.339 e. The second kappa shape index (κ2) is 10.1. The predicted molar refractivity (Wildman–Crippen MR) is 142 cm³/mol. The minimum atomic E-state index is -5.03. The zero-order valence-electron chi connectivity index (χ0n) is 20.5. The molecule has 0 aliphatic heterocycles. The van der Waals surface area contributed by atoms with Gasteiger partial charge in [0, 0.05) is 12.1 Å². The minimum absolute atomic E-state index is 0.354. The summed E-state index contributed by atoms with van der Waals surface area (Å²) in [7, 11) is -19.4. The van der Waals surface area contributed by atoms with E-state index in [4.69, 9.17) is 8.37 Å². The van der Waals surface area contributed by atoms with Crippen LogP contribution in [0.3, 0.4) is 0 Å². The fraction of sp³-hybridized carbons (Fsp3) is 0.0833. The maximum Gasteiger partial charge on any atom is 0.339 e. The van der Waals surface area contributed by atoms with E-state index in [9.17, 15) is 42.8 Å². The summed E-state index contributed by atoms with van der Waals surface area (Å²) < 4.78 is 130. The molecule has 0 fully saturated rings. The van der Waals surface area contributed by atoms with Crippen LogP contribution in [0.5, 0.6) is 11.5 Å². The van der Waals surface area contributed by atoms with Gasteiger partial charge in [-0.25, -0.2) is 0 Å². The van der Waals surface area contributed by atoms with Crippen LogP contribution in [0.4, 0.5) is 0 Å². The van der Waals surface area contributed by atoms with Crippen LogP contribution in [0.15, 0.2) is 92.4 Å². The summed E-state index contributed by atoms with van der Waals surface area (Å²) in [5.41, 5.74) is 1.43. The number of hydrogen-bond donors (Lipinski definition) is 2. The van der Waals surface area contributed by atoms with Gasteiger partial charge in [0.1, 0.15) is 9.79 Å². The molecule has 0 unspecified atom stereocenters. The fourth-order valence-corrected chi connectivity index (χ4v) is 6.49. The normalized spacial score (nSPS) is 12.8. The summed E-state index contributed by atoms with van der Waals surface area (Å²) in [5.74, 6) is -1.64. The summed E-state index contributed by atoms with van der Waals surface area (Å²) in [5, 5.41) is -0.959. The van der Waals surface area contributed by atoms with E-state index in [0.29, 0.717) is 23.3 Å². The molecular weight excluding hydrogens is 609 g/mol. The maximum absolute atomic E-state index is 13.1. The van der Waals surface area contributed by atoms with Gasteiger partial charge in [-0.1, -0.05) is 35.4 Å². The van der Waals surface area contributed by atoms with Crippen molar-refractivity contribution in [3.8, 4) is 11.5 Å². The van der Waals surface area contributed by atoms with Crippen LogP contribution in [-0.2, 0) is 40.5 Å². The first-order valence-corrected chi connectivity index (χ1v) is 16.7. The molecule has 0 heterocycles. The van der Waals surface area contributed by atoms with Crippen LogP contribution >= 0.6 is 0 Å². The first-order valence-electron chi connectivity index (χ1n) is 11.0. The zero-order valence-corrected chi connectivity index (χ0v) is 23.8. The molecule has 0 spiro atoms. The number of aryl methyl sites for hydroxylation is 2. The topological polar surface area (TPSA) is 195 Å². The van der Waals surface area contributed by atoms with Crippen molar-refractivity contribution in [2.75, 3.05) is 0 Å². The van der Waals surface area contributed by atoms with Crippen LogP contribution in [0, 0.1) is 13.8 Å². The Morgan fingerprint density at radius 2 is 0.825 bits per heavy atom. The predicted octanol–water partition coefficient (Wildman–Crippen LogP) is 3.49. The molecule has 0 bridgehead atoms. The van der Waals surface area contributed by atoms with Crippen LogP contribution < -0.4 is 8.37 Å². The van der Waals surface area contributed by atoms with Crippen molar-refractivity contribution >= 4 is 51.2 Å². The Balaban J connectivity index is 2.04. The summed E-state index contributed by atoms with van der Waals surface area (Å²) in [6, 6.07) is 13.3. The van der Waals surface area contributed by atoms with Crippen molar-refractivity contribution < 1.29 is 51.1 Å². The third kappa shape index (κ3) is 6.27. The van der Waals surface area contributed by atoms with Gasteiger partial charge in [0.05, 0.1) is 15.2 Å². The molecule has 12 nitrogen and oxygen atoms in total. The van der Waals surface area contributed by atoms with E-state index in [0.717, 1.165) is 12.1 Å². The number of benzene rings is 4. The fourth-order valence-electron chi connectivity index (χ4n) is 3.56. The van der Waals surface area contributed by atoms with Gasteiger partial charge in [-0.15, -0.1) is 0 Å². The van der Waals surface area contributed by atoms with Gasteiger partial charge in [-0.05, 0) is 55.6 Å². The van der Waals surface area contributed by atoms with Gasteiger partial charge in [0.25, 0.3) is 20.2 Å². The van der Waals surface area contributed by atoms with Crippen LogP contribution in [0.25, 0.3) is 10.8 Å². The molecule has 16 heteroatoms. The second-order valence-corrected chi connectivity index (χ2v) is 14.5. The van der Waals surface area contributed by atoms with E-state index >= 15 is 0 Å².